The molecular weight excluding hydrogens is 354 g/mol. The van der Waals surface area contributed by atoms with Crippen LogP contribution in [-0.4, -0.2) is 37.4 Å². The Labute approximate surface area is 167 Å². The van der Waals surface area contributed by atoms with E-state index in [1.807, 2.05) is 6.20 Å². The fraction of sp³-hybridized carbons (Fsp3) is 0.700. The number of imidazole rings is 1. The van der Waals surface area contributed by atoms with Crippen molar-refractivity contribution in [1.29, 1.82) is 0 Å². The third kappa shape index (κ3) is 9.01. The van der Waals surface area contributed by atoms with Crippen molar-refractivity contribution in [3.63, 3.8) is 0 Å². The minimum Gasteiger partial charge on any atom is -0.369 e. The van der Waals surface area contributed by atoms with E-state index in [1.165, 1.54) is 44.9 Å². The Kier molecular flexibility index (Phi) is 10.1. The third-order valence-corrected chi connectivity index (χ3v) is 4.77. The Bertz CT molecular complexity index is 680. The Morgan fingerprint density at radius 3 is 2.57 bits per heavy atom. The zero-order valence-electron chi connectivity index (χ0n) is 17.1. The van der Waals surface area contributed by atoms with Crippen molar-refractivity contribution in [3.05, 3.63) is 23.8 Å². The molecule has 0 fully saturated rings. The Morgan fingerprint density at radius 2 is 1.86 bits per heavy atom. The molecule has 0 unspecified atom stereocenters. The molecule has 0 saturated heterocycles. The molecule has 8 heteroatoms. The van der Waals surface area contributed by atoms with E-state index in [9.17, 15) is 4.79 Å². The number of nitrogens with one attached hydrogen (secondary N) is 2. The number of aromatic amines is 1. The van der Waals surface area contributed by atoms with Gasteiger partial charge in [0.15, 0.2) is 5.95 Å². The molecule has 0 aromatic carbocycles. The van der Waals surface area contributed by atoms with Gasteiger partial charge in [-0.3, -0.25) is 4.79 Å². The maximum absolute atomic E-state index is 12.0. The molecule has 0 aliphatic carbocycles. The van der Waals surface area contributed by atoms with Gasteiger partial charge in [0.1, 0.15) is 6.54 Å². The molecule has 2 heterocycles. The summed E-state index contributed by atoms with van der Waals surface area (Å²) in [5.41, 5.74) is 7.47. The number of aromatic nitrogens is 5. The van der Waals surface area contributed by atoms with Crippen LogP contribution in [-0.2, 0) is 24.2 Å². The molecule has 0 spiro atoms. The molecule has 0 bridgehead atoms. The molecule has 1 amide bonds. The van der Waals surface area contributed by atoms with Crippen LogP contribution in [0.3, 0.4) is 0 Å². The molecule has 28 heavy (non-hydrogen) atoms. The molecular formula is C20H35N7O. The van der Waals surface area contributed by atoms with Crippen molar-refractivity contribution in [2.45, 2.75) is 84.1 Å². The molecule has 156 valence electrons. The maximum atomic E-state index is 12.0. The van der Waals surface area contributed by atoms with Gasteiger partial charge in [-0.25, -0.2) is 9.67 Å². The highest BCUT2D eigenvalue weighted by Gasteiger charge is 2.06. The highest BCUT2D eigenvalue weighted by Crippen LogP contribution is 2.08. The first-order valence-corrected chi connectivity index (χ1v) is 10.6. The largest absolute Gasteiger partial charge is 0.369 e. The normalized spacial score (nSPS) is 11.0. The topological polar surface area (TPSA) is 115 Å². The first-order chi connectivity index (χ1) is 13.7. The van der Waals surface area contributed by atoms with Crippen LogP contribution in [0.4, 0.5) is 5.95 Å². The average Bonchev–Trinajstić information content (AvgIpc) is 3.29. The lowest BCUT2D eigenvalue weighted by molar-refractivity contribution is -0.121. The van der Waals surface area contributed by atoms with Gasteiger partial charge in [0.25, 0.3) is 0 Å². The fourth-order valence-corrected chi connectivity index (χ4v) is 3.18. The zero-order valence-corrected chi connectivity index (χ0v) is 17.1. The number of amides is 1. The maximum Gasteiger partial charge on any atom is 0.241 e. The smallest absolute Gasteiger partial charge is 0.241 e. The molecule has 0 aliphatic rings. The minimum atomic E-state index is -0.00710. The van der Waals surface area contributed by atoms with Gasteiger partial charge in [-0.2, -0.15) is 0 Å². The number of hydrogen-bond acceptors (Lipinski definition) is 5. The number of H-pyrrole nitrogens is 1. The molecule has 0 saturated carbocycles. The summed E-state index contributed by atoms with van der Waals surface area (Å²) in [5.74, 6) is 0.436. The molecule has 2 aromatic heterocycles. The third-order valence-electron chi connectivity index (χ3n) is 4.77. The lowest BCUT2D eigenvalue weighted by Gasteiger charge is -2.05. The Hall–Kier alpha value is -2.38. The molecule has 0 atom stereocenters. The van der Waals surface area contributed by atoms with Crippen molar-refractivity contribution in [2.24, 2.45) is 0 Å². The summed E-state index contributed by atoms with van der Waals surface area (Å²) in [6.07, 6.45) is 16.3. The number of unbranched alkanes of at least 4 members (excludes halogenated alkanes) is 7. The number of carbonyl (C=O) groups excluding carboxylic acids is 1. The highest BCUT2D eigenvalue weighted by atomic mass is 16.2. The van der Waals surface area contributed by atoms with E-state index in [0.29, 0.717) is 5.95 Å². The van der Waals surface area contributed by atoms with Crippen LogP contribution in [0.25, 0.3) is 0 Å². The second-order valence-corrected chi connectivity index (χ2v) is 7.38. The van der Waals surface area contributed by atoms with Crippen LogP contribution in [0.1, 0.15) is 76.1 Å². The number of nitrogens with zero attached hydrogens (tertiary/aromatic N) is 4. The summed E-state index contributed by atoms with van der Waals surface area (Å²) >= 11 is 0. The van der Waals surface area contributed by atoms with Gasteiger partial charge >= 0.3 is 0 Å². The number of rotatable bonds is 15. The van der Waals surface area contributed by atoms with Crippen LogP contribution in [0.2, 0.25) is 0 Å². The van der Waals surface area contributed by atoms with Crippen LogP contribution in [0.15, 0.2) is 12.4 Å². The number of nitrogens with two attached hydrogens (primary N) is 1. The molecule has 0 aliphatic heterocycles. The number of aryl methyl sites for hydroxylation is 2. The Morgan fingerprint density at radius 1 is 1.11 bits per heavy atom. The predicted octanol–water partition coefficient (Wildman–Crippen LogP) is 3.02. The Balaban J connectivity index is 1.51. The lowest BCUT2D eigenvalue weighted by atomic mass is 10.1. The summed E-state index contributed by atoms with van der Waals surface area (Å²) in [6.45, 7) is 3.20. The van der Waals surface area contributed by atoms with Gasteiger partial charge in [0, 0.05) is 18.4 Å². The van der Waals surface area contributed by atoms with Crippen molar-refractivity contribution < 1.29 is 4.79 Å². The lowest BCUT2D eigenvalue weighted by Crippen LogP contribution is -2.28. The van der Waals surface area contributed by atoms with Gasteiger partial charge in [0.05, 0.1) is 11.9 Å². The van der Waals surface area contributed by atoms with Crippen molar-refractivity contribution in [1.82, 2.24) is 30.3 Å². The first-order valence-electron chi connectivity index (χ1n) is 10.6. The van der Waals surface area contributed by atoms with E-state index in [1.54, 1.807) is 10.9 Å². The summed E-state index contributed by atoms with van der Waals surface area (Å²) < 4.78 is 1.60. The first kappa shape index (κ1) is 21.9. The van der Waals surface area contributed by atoms with Gasteiger partial charge < -0.3 is 16.0 Å². The second kappa shape index (κ2) is 12.9. The van der Waals surface area contributed by atoms with Crippen LogP contribution in [0.5, 0.6) is 0 Å². The fourth-order valence-electron chi connectivity index (χ4n) is 3.18. The minimum absolute atomic E-state index is 0.00710. The van der Waals surface area contributed by atoms with Crippen molar-refractivity contribution >= 4 is 11.9 Å². The van der Waals surface area contributed by atoms with E-state index >= 15 is 0 Å². The summed E-state index contributed by atoms with van der Waals surface area (Å²) in [7, 11) is 0. The van der Waals surface area contributed by atoms with E-state index in [-0.39, 0.29) is 12.5 Å². The summed E-state index contributed by atoms with van der Waals surface area (Å²) in [6, 6.07) is 0. The summed E-state index contributed by atoms with van der Waals surface area (Å²) in [4.78, 5) is 19.0. The van der Waals surface area contributed by atoms with Gasteiger partial charge in [-0.1, -0.05) is 57.1 Å². The average molecular weight is 390 g/mol. The van der Waals surface area contributed by atoms with Crippen LogP contribution in [0, 0.1) is 0 Å². The number of hydrogen-bond donors (Lipinski definition) is 3. The van der Waals surface area contributed by atoms with Crippen molar-refractivity contribution in [2.75, 3.05) is 12.3 Å². The van der Waals surface area contributed by atoms with Crippen LogP contribution < -0.4 is 11.1 Å². The quantitative estimate of drug-likeness (QED) is 0.405. The number of nitrogen functional groups attached to an aromatic ring is 1. The number of anilines is 1. The molecule has 2 rings (SSSR count). The van der Waals surface area contributed by atoms with E-state index in [2.05, 4.69) is 32.5 Å². The predicted molar refractivity (Wildman–Crippen MR) is 111 cm³/mol. The summed E-state index contributed by atoms with van der Waals surface area (Å²) in [5, 5.41) is 11.2. The monoisotopic (exact) mass is 389 g/mol. The van der Waals surface area contributed by atoms with Gasteiger partial charge in [-0.15, -0.1) is 5.10 Å². The highest BCUT2D eigenvalue weighted by molar-refractivity contribution is 5.75. The SMILES string of the molecule is CCCCCCCCCCNC(=O)Cn1cc(CCCc2cnc(N)[nH]2)nn1. The zero-order chi connectivity index (χ0) is 20.0. The molecule has 2 aromatic rings. The van der Waals surface area contributed by atoms with Gasteiger partial charge in [-0.05, 0) is 25.7 Å². The number of carbonyl (C=O) groups is 1. The van der Waals surface area contributed by atoms with Crippen molar-refractivity contribution in [3.8, 4) is 0 Å². The van der Waals surface area contributed by atoms with E-state index in [0.717, 1.165) is 43.6 Å². The van der Waals surface area contributed by atoms with E-state index in [4.69, 9.17) is 5.73 Å². The molecule has 4 N–H and O–H groups in total. The second-order valence-electron chi connectivity index (χ2n) is 7.38. The molecule has 8 nitrogen and oxygen atoms in total. The van der Waals surface area contributed by atoms with E-state index < -0.39 is 0 Å². The van der Waals surface area contributed by atoms with Crippen LogP contribution >= 0.6 is 0 Å². The standard InChI is InChI=1S/C20H35N7O/c1-2-3-4-5-6-7-8-9-13-22-19(28)16-27-15-18(25-26-27)12-10-11-17-14-23-20(21)24-17/h14-15H,2-13,16H2,1H3,(H,22,28)(H3,21,23,24). The molecule has 0 radical (unpaired) electrons. The van der Waals surface area contributed by atoms with Gasteiger partial charge in [0.2, 0.25) is 5.91 Å².